The Morgan fingerprint density at radius 2 is 1.84 bits per heavy atom. The number of rotatable bonds is 2. The number of benzodiazepines with no additional fused rings is 1. The molecular weight excluding hydrogens is 367 g/mol. The monoisotopic (exact) mass is 379 g/mol. The Morgan fingerprint density at radius 3 is 2.48 bits per heavy atom. The third kappa shape index (κ3) is 3.05. The average molecular weight is 380 g/mol. The van der Waals surface area contributed by atoms with Gasteiger partial charge in [-0.25, -0.2) is 8.78 Å². The van der Waals surface area contributed by atoms with Crippen LogP contribution < -0.4 is 4.90 Å². The van der Waals surface area contributed by atoms with Crippen molar-refractivity contribution in [3.05, 3.63) is 75.4 Å². The van der Waals surface area contributed by atoms with E-state index in [1.165, 1.54) is 18.2 Å². The lowest BCUT2D eigenvalue weighted by molar-refractivity contribution is 0.579. The molecule has 0 spiro atoms. The van der Waals surface area contributed by atoms with E-state index in [0.29, 0.717) is 16.9 Å². The second-order valence-corrected chi connectivity index (χ2v) is 6.11. The zero-order chi connectivity index (χ0) is 18.1. The maximum Gasteiger partial charge on any atom is 0.135 e. The fourth-order valence-electron chi connectivity index (χ4n) is 2.65. The van der Waals surface area contributed by atoms with Crippen LogP contribution in [0.1, 0.15) is 11.1 Å². The van der Waals surface area contributed by atoms with Crippen LogP contribution >= 0.6 is 23.2 Å². The van der Waals surface area contributed by atoms with Crippen molar-refractivity contribution < 1.29 is 8.78 Å². The van der Waals surface area contributed by atoms with Gasteiger partial charge in [-0.15, -0.1) is 0 Å². The standard InChI is InChI=1S/C18H13Cl2F2N3/c1-10-8-24-18(15-12(21)4-3-5-13(15)22)16-14(25(10)9-23-2)7-6-11(19)17(16)20/h3-7,9H,1,8H2,2H3/b23-9-. The van der Waals surface area contributed by atoms with Crippen LogP contribution in [-0.2, 0) is 0 Å². The largest absolute Gasteiger partial charge is 0.303 e. The SMILES string of the molecule is C=C1CN=C(c2c(F)cccc2F)c2c(ccc(Cl)c2Cl)N1/C=N\C. The summed E-state index contributed by atoms with van der Waals surface area (Å²) in [7, 11) is 1.60. The van der Waals surface area contributed by atoms with E-state index in [0.717, 1.165) is 0 Å². The number of halogens is 4. The Balaban J connectivity index is 2.37. The van der Waals surface area contributed by atoms with Crippen LogP contribution in [0.5, 0.6) is 0 Å². The van der Waals surface area contributed by atoms with Crippen molar-refractivity contribution in [1.82, 2.24) is 0 Å². The molecule has 2 aromatic carbocycles. The lowest BCUT2D eigenvalue weighted by Crippen LogP contribution is -2.22. The summed E-state index contributed by atoms with van der Waals surface area (Å²) >= 11 is 12.5. The van der Waals surface area contributed by atoms with Gasteiger partial charge in [0.15, 0.2) is 0 Å². The van der Waals surface area contributed by atoms with Gasteiger partial charge >= 0.3 is 0 Å². The number of hydrogen-bond acceptors (Lipinski definition) is 2. The van der Waals surface area contributed by atoms with Gasteiger partial charge < -0.3 is 4.90 Å². The highest BCUT2D eigenvalue weighted by Crippen LogP contribution is 2.38. The lowest BCUT2D eigenvalue weighted by Gasteiger charge is -2.22. The number of fused-ring (bicyclic) bond motifs is 1. The molecule has 0 saturated heterocycles. The minimum Gasteiger partial charge on any atom is -0.303 e. The summed E-state index contributed by atoms with van der Waals surface area (Å²) in [5, 5.41) is 0.413. The molecule has 0 amide bonds. The molecule has 0 saturated carbocycles. The Kier molecular flexibility index (Phi) is 4.88. The first-order valence-electron chi connectivity index (χ1n) is 7.32. The van der Waals surface area contributed by atoms with E-state index in [2.05, 4.69) is 16.6 Å². The summed E-state index contributed by atoms with van der Waals surface area (Å²) in [6.45, 7) is 4.08. The average Bonchev–Trinajstić information content (AvgIpc) is 2.70. The summed E-state index contributed by atoms with van der Waals surface area (Å²) in [5.74, 6) is -1.46. The molecule has 0 fully saturated rings. The van der Waals surface area contributed by atoms with Crippen molar-refractivity contribution in [3.8, 4) is 0 Å². The van der Waals surface area contributed by atoms with Gasteiger partial charge in [-0.3, -0.25) is 9.98 Å². The van der Waals surface area contributed by atoms with Crippen LogP contribution in [0.3, 0.4) is 0 Å². The molecule has 3 nitrogen and oxygen atoms in total. The van der Waals surface area contributed by atoms with Crippen molar-refractivity contribution in [1.29, 1.82) is 0 Å². The van der Waals surface area contributed by atoms with Crippen molar-refractivity contribution in [2.45, 2.75) is 0 Å². The summed E-state index contributed by atoms with van der Waals surface area (Å²) < 4.78 is 28.8. The zero-order valence-corrected chi connectivity index (χ0v) is 14.7. The number of nitrogens with zero attached hydrogens (tertiary/aromatic N) is 3. The molecule has 25 heavy (non-hydrogen) atoms. The van der Waals surface area contributed by atoms with E-state index in [1.807, 2.05) is 0 Å². The maximum atomic E-state index is 14.4. The molecule has 7 heteroatoms. The van der Waals surface area contributed by atoms with Gasteiger partial charge in [0, 0.05) is 18.3 Å². The van der Waals surface area contributed by atoms with Crippen LogP contribution in [0.25, 0.3) is 0 Å². The van der Waals surface area contributed by atoms with Gasteiger partial charge in [0.2, 0.25) is 0 Å². The molecular formula is C18H13Cl2F2N3. The molecule has 128 valence electrons. The predicted octanol–water partition coefficient (Wildman–Crippen LogP) is 5.10. The molecule has 3 rings (SSSR count). The third-order valence-corrected chi connectivity index (χ3v) is 4.56. The van der Waals surface area contributed by atoms with Crippen LogP contribution in [0.2, 0.25) is 10.0 Å². The first-order chi connectivity index (χ1) is 12.0. The molecule has 0 N–H and O–H groups in total. The summed E-state index contributed by atoms with van der Waals surface area (Å²) in [6, 6.07) is 6.93. The molecule has 0 bridgehead atoms. The molecule has 0 aliphatic carbocycles. The van der Waals surface area contributed by atoms with Crippen molar-refractivity contribution in [2.75, 3.05) is 18.5 Å². The Hall–Kier alpha value is -2.24. The predicted molar refractivity (Wildman–Crippen MR) is 99.4 cm³/mol. The van der Waals surface area contributed by atoms with Gasteiger partial charge in [-0.05, 0) is 24.3 Å². The fourth-order valence-corrected chi connectivity index (χ4v) is 3.06. The minimum atomic E-state index is -0.732. The van der Waals surface area contributed by atoms with E-state index in [-0.39, 0.29) is 27.9 Å². The molecule has 2 aromatic rings. The van der Waals surface area contributed by atoms with Crippen LogP contribution in [0, 0.1) is 11.6 Å². The normalized spacial score (nSPS) is 14.5. The first-order valence-corrected chi connectivity index (χ1v) is 8.07. The van der Waals surface area contributed by atoms with E-state index >= 15 is 0 Å². The van der Waals surface area contributed by atoms with E-state index in [1.54, 1.807) is 30.4 Å². The summed E-state index contributed by atoms with van der Waals surface area (Å²) in [4.78, 5) is 10.0. The Labute approximate surface area is 153 Å². The van der Waals surface area contributed by atoms with Crippen molar-refractivity contribution in [2.24, 2.45) is 9.98 Å². The molecule has 1 aliphatic rings. The molecule has 1 heterocycles. The summed E-state index contributed by atoms with van der Waals surface area (Å²) in [5.41, 5.74) is 1.29. The van der Waals surface area contributed by atoms with Crippen LogP contribution in [0.15, 0.2) is 52.6 Å². The van der Waals surface area contributed by atoms with Gasteiger partial charge in [0.1, 0.15) is 11.6 Å². The number of anilines is 1. The quantitative estimate of drug-likeness (QED) is 0.526. The third-order valence-electron chi connectivity index (χ3n) is 3.76. The van der Waals surface area contributed by atoms with Crippen molar-refractivity contribution in [3.63, 3.8) is 0 Å². The van der Waals surface area contributed by atoms with Gasteiger partial charge in [-0.2, -0.15) is 0 Å². The zero-order valence-electron chi connectivity index (χ0n) is 13.2. The highest BCUT2D eigenvalue weighted by atomic mass is 35.5. The second-order valence-electron chi connectivity index (χ2n) is 5.33. The topological polar surface area (TPSA) is 28.0 Å². The molecule has 0 aromatic heterocycles. The van der Waals surface area contributed by atoms with E-state index in [4.69, 9.17) is 23.2 Å². The molecule has 1 aliphatic heterocycles. The highest BCUT2D eigenvalue weighted by Gasteiger charge is 2.28. The molecule has 0 unspecified atom stereocenters. The van der Waals surface area contributed by atoms with E-state index in [9.17, 15) is 8.78 Å². The van der Waals surface area contributed by atoms with Crippen molar-refractivity contribution >= 4 is 40.9 Å². The van der Waals surface area contributed by atoms with E-state index < -0.39 is 11.6 Å². The highest BCUT2D eigenvalue weighted by molar-refractivity contribution is 6.45. The maximum absolute atomic E-state index is 14.4. The van der Waals surface area contributed by atoms with Crippen LogP contribution in [0.4, 0.5) is 14.5 Å². The minimum absolute atomic E-state index is 0.0891. The second kappa shape index (κ2) is 6.94. The Morgan fingerprint density at radius 1 is 1.16 bits per heavy atom. The molecule has 0 atom stereocenters. The number of aliphatic imine (C=N–C) groups is 2. The number of benzene rings is 2. The Bertz CT molecular complexity index is 903. The van der Waals surface area contributed by atoms with Gasteiger partial charge in [0.25, 0.3) is 0 Å². The lowest BCUT2D eigenvalue weighted by atomic mass is 9.99. The fraction of sp³-hybridized carbons (Fsp3) is 0.111. The van der Waals surface area contributed by atoms with Gasteiger partial charge in [-0.1, -0.05) is 35.8 Å². The van der Waals surface area contributed by atoms with Gasteiger partial charge in [0.05, 0.1) is 39.9 Å². The smallest absolute Gasteiger partial charge is 0.135 e. The van der Waals surface area contributed by atoms with Crippen LogP contribution in [-0.4, -0.2) is 25.6 Å². The first kappa shape index (κ1) is 17.6. The molecule has 0 radical (unpaired) electrons. The summed E-state index contributed by atoms with van der Waals surface area (Å²) in [6.07, 6.45) is 1.54. The number of hydrogen-bond donors (Lipinski definition) is 0.